The van der Waals surface area contributed by atoms with E-state index >= 15 is 0 Å². The number of nitrogens with one attached hydrogen (secondary N) is 2. The average molecular weight is 315 g/mol. The topological polar surface area (TPSA) is 56.7 Å². The lowest BCUT2D eigenvalue weighted by Gasteiger charge is -2.13. The molecule has 0 radical (unpaired) electrons. The van der Waals surface area contributed by atoms with E-state index in [0.717, 1.165) is 5.56 Å². The molecule has 0 saturated heterocycles. The molecule has 122 valence electrons. The molecule has 3 N–H and O–H groups in total. The first-order valence-corrected chi connectivity index (χ1v) is 7.51. The van der Waals surface area contributed by atoms with Gasteiger partial charge in [-0.1, -0.05) is 30.3 Å². The second-order valence-electron chi connectivity index (χ2n) is 5.29. The third kappa shape index (κ3) is 4.79. The summed E-state index contributed by atoms with van der Waals surface area (Å²) in [5.41, 5.74) is 3.61. The summed E-state index contributed by atoms with van der Waals surface area (Å²) < 4.78 is 13.4. The maximum absolute atomic E-state index is 13.4. The zero-order valence-electron chi connectivity index (χ0n) is 13.4. The van der Waals surface area contributed by atoms with Gasteiger partial charge >= 0.3 is 0 Å². The highest BCUT2D eigenvalue weighted by Gasteiger charge is 2.04. The minimum atomic E-state index is -0.390. The van der Waals surface area contributed by atoms with Gasteiger partial charge in [0, 0.05) is 25.7 Å². The van der Waals surface area contributed by atoms with Gasteiger partial charge in [0.2, 0.25) is 0 Å². The number of rotatable bonds is 5. The van der Waals surface area contributed by atoms with Gasteiger partial charge in [-0.3, -0.25) is 4.99 Å². The molecule has 0 unspecified atom stereocenters. The van der Waals surface area contributed by atoms with Crippen LogP contribution in [-0.2, 0) is 19.7 Å². The molecule has 2 rings (SSSR count). The number of hydrogen-bond donors (Lipinski definition) is 3. The van der Waals surface area contributed by atoms with E-state index in [-0.39, 0.29) is 6.61 Å². The Labute approximate surface area is 136 Å². The van der Waals surface area contributed by atoms with Gasteiger partial charge in [-0.2, -0.15) is 0 Å². The standard InChI is InChI=1S/C18H22FN3O/c1-13-5-3-4-6-15(13)11-22-18(20-2)21-10-14-7-8-17(19)16(9-14)12-23/h3-9,23H,10-12H2,1-2H3,(H2,20,21,22). The summed E-state index contributed by atoms with van der Waals surface area (Å²) in [7, 11) is 1.71. The number of aliphatic imine (C=N–C) groups is 1. The van der Waals surface area contributed by atoms with Crippen molar-refractivity contribution in [1.82, 2.24) is 10.6 Å². The fourth-order valence-corrected chi connectivity index (χ4v) is 2.25. The third-order valence-corrected chi connectivity index (χ3v) is 3.67. The zero-order chi connectivity index (χ0) is 16.7. The maximum atomic E-state index is 13.4. The first kappa shape index (κ1) is 17.0. The largest absolute Gasteiger partial charge is 0.392 e. The first-order valence-electron chi connectivity index (χ1n) is 7.51. The molecule has 0 bridgehead atoms. The molecular formula is C18H22FN3O. The summed E-state index contributed by atoms with van der Waals surface area (Å²) in [5.74, 6) is 0.279. The van der Waals surface area contributed by atoms with E-state index in [0.29, 0.717) is 24.6 Å². The summed E-state index contributed by atoms with van der Waals surface area (Å²) >= 11 is 0. The van der Waals surface area contributed by atoms with E-state index in [2.05, 4.69) is 34.7 Å². The van der Waals surface area contributed by atoms with Crippen molar-refractivity contribution in [1.29, 1.82) is 0 Å². The van der Waals surface area contributed by atoms with Crippen LogP contribution in [0.15, 0.2) is 47.5 Å². The predicted molar refractivity (Wildman–Crippen MR) is 90.5 cm³/mol. The number of aryl methyl sites for hydroxylation is 1. The highest BCUT2D eigenvalue weighted by molar-refractivity contribution is 5.79. The van der Waals surface area contributed by atoms with Crippen molar-refractivity contribution in [3.63, 3.8) is 0 Å². The van der Waals surface area contributed by atoms with Crippen LogP contribution in [0.4, 0.5) is 4.39 Å². The highest BCUT2D eigenvalue weighted by Crippen LogP contribution is 2.10. The van der Waals surface area contributed by atoms with Crippen LogP contribution in [0.25, 0.3) is 0 Å². The third-order valence-electron chi connectivity index (χ3n) is 3.67. The van der Waals surface area contributed by atoms with Gasteiger partial charge in [-0.05, 0) is 35.7 Å². The van der Waals surface area contributed by atoms with Crippen molar-refractivity contribution in [3.05, 3.63) is 70.5 Å². The van der Waals surface area contributed by atoms with Crippen LogP contribution in [0.1, 0.15) is 22.3 Å². The molecule has 2 aromatic rings. The molecule has 4 nitrogen and oxygen atoms in total. The van der Waals surface area contributed by atoms with E-state index in [4.69, 9.17) is 5.11 Å². The molecule has 0 heterocycles. The number of nitrogens with zero attached hydrogens (tertiary/aromatic N) is 1. The summed E-state index contributed by atoms with van der Waals surface area (Å²) in [5, 5.41) is 15.5. The molecule has 5 heteroatoms. The van der Waals surface area contributed by atoms with Crippen molar-refractivity contribution in [2.75, 3.05) is 7.05 Å². The minimum Gasteiger partial charge on any atom is -0.392 e. The van der Waals surface area contributed by atoms with Gasteiger partial charge in [0.25, 0.3) is 0 Å². The smallest absolute Gasteiger partial charge is 0.191 e. The van der Waals surface area contributed by atoms with Crippen LogP contribution in [0.3, 0.4) is 0 Å². The average Bonchev–Trinajstić information content (AvgIpc) is 2.57. The molecule has 0 aliphatic rings. The number of halogens is 1. The number of aliphatic hydroxyl groups is 1. The Morgan fingerprint density at radius 3 is 2.52 bits per heavy atom. The second-order valence-corrected chi connectivity index (χ2v) is 5.29. The predicted octanol–water partition coefficient (Wildman–Crippen LogP) is 2.49. The van der Waals surface area contributed by atoms with Crippen LogP contribution in [0.5, 0.6) is 0 Å². The van der Waals surface area contributed by atoms with Crippen molar-refractivity contribution in [2.24, 2.45) is 4.99 Å². The van der Waals surface area contributed by atoms with E-state index in [9.17, 15) is 4.39 Å². The fraction of sp³-hybridized carbons (Fsp3) is 0.278. The van der Waals surface area contributed by atoms with Crippen molar-refractivity contribution in [2.45, 2.75) is 26.6 Å². The molecule has 0 fully saturated rings. The second kappa shape index (κ2) is 8.29. The quantitative estimate of drug-likeness (QED) is 0.587. The van der Waals surface area contributed by atoms with E-state index in [1.54, 1.807) is 19.2 Å². The number of guanidine groups is 1. The van der Waals surface area contributed by atoms with E-state index < -0.39 is 5.82 Å². The molecule has 0 aliphatic heterocycles. The first-order chi connectivity index (χ1) is 11.1. The molecule has 23 heavy (non-hydrogen) atoms. The van der Waals surface area contributed by atoms with E-state index in [1.807, 2.05) is 12.1 Å². The molecule has 0 saturated carbocycles. The van der Waals surface area contributed by atoms with Gasteiger partial charge in [0.1, 0.15) is 5.82 Å². The lowest BCUT2D eigenvalue weighted by Crippen LogP contribution is -2.36. The SMILES string of the molecule is CN=C(NCc1ccc(F)c(CO)c1)NCc1ccccc1C. The summed E-state index contributed by atoms with van der Waals surface area (Å²) in [4.78, 5) is 4.18. The Morgan fingerprint density at radius 1 is 1.09 bits per heavy atom. The maximum Gasteiger partial charge on any atom is 0.191 e. The summed E-state index contributed by atoms with van der Waals surface area (Å²) in [6.45, 7) is 2.94. The molecule has 2 aromatic carbocycles. The van der Waals surface area contributed by atoms with Gasteiger partial charge in [-0.15, -0.1) is 0 Å². The van der Waals surface area contributed by atoms with Crippen LogP contribution < -0.4 is 10.6 Å². The number of hydrogen-bond acceptors (Lipinski definition) is 2. The van der Waals surface area contributed by atoms with Crippen LogP contribution >= 0.6 is 0 Å². The number of benzene rings is 2. The van der Waals surface area contributed by atoms with Crippen molar-refractivity contribution < 1.29 is 9.50 Å². The lowest BCUT2D eigenvalue weighted by atomic mass is 10.1. The Hall–Kier alpha value is -2.40. The monoisotopic (exact) mass is 315 g/mol. The highest BCUT2D eigenvalue weighted by atomic mass is 19.1. The molecule has 0 aromatic heterocycles. The zero-order valence-corrected chi connectivity index (χ0v) is 13.4. The Bertz CT molecular complexity index is 686. The minimum absolute atomic E-state index is 0.298. The Morgan fingerprint density at radius 2 is 1.83 bits per heavy atom. The Balaban J connectivity index is 1.92. The molecule has 0 spiro atoms. The lowest BCUT2D eigenvalue weighted by molar-refractivity contribution is 0.275. The van der Waals surface area contributed by atoms with Gasteiger partial charge in [-0.25, -0.2) is 4.39 Å². The fourth-order valence-electron chi connectivity index (χ4n) is 2.25. The van der Waals surface area contributed by atoms with Gasteiger partial charge in [0.15, 0.2) is 5.96 Å². The molecule has 0 aliphatic carbocycles. The van der Waals surface area contributed by atoms with Crippen LogP contribution in [0, 0.1) is 12.7 Å². The molecule has 0 amide bonds. The van der Waals surface area contributed by atoms with Crippen molar-refractivity contribution >= 4 is 5.96 Å². The summed E-state index contributed by atoms with van der Waals surface area (Å²) in [6.07, 6.45) is 0. The van der Waals surface area contributed by atoms with Crippen molar-refractivity contribution in [3.8, 4) is 0 Å². The van der Waals surface area contributed by atoms with Crippen LogP contribution in [-0.4, -0.2) is 18.1 Å². The Kier molecular flexibility index (Phi) is 6.11. The van der Waals surface area contributed by atoms with Gasteiger partial charge in [0.05, 0.1) is 6.61 Å². The van der Waals surface area contributed by atoms with E-state index in [1.165, 1.54) is 17.2 Å². The van der Waals surface area contributed by atoms with Crippen LogP contribution in [0.2, 0.25) is 0 Å². The normalized spacial score (nSPS) is 11.4. The molecule has 0 atom stereocenters. The number of aliphatic hydroxyl groups excluding tert-OH is 1. The molecular weight excluding hydrogens is 293 g/mol. The summed E-state index contributed by atoms with van der Waals surface area (Å²) in [6, 6.07) is 12.9. The van der Waals surface area contributed by atoms with Gasteiger partial charge < -0.3 is 15.7 Å².